The molecule has 0 aromatic carbocycles. The second kappa shape index (κ2) is 6.68. The Hall–Kier alpha value is -0.390. The molecule has 1 unspecified atom stereocenters. The average Bonchev–Trinajstić information content (AvgIpc) is 3.02. The van der Waals surface area contributed by atoms with Crippen LogP contribution in [0, 0.1) is 0 Å². The molecule has 0 aliphatic rings. The molecule has 2 atom stereocenters. The first-order valence-corrected chi connectivity index (χ1v) is 7.97. The minimum absolute atomic E-state index is 0.109. The first-order chi connectivity index (χ1) is 8.74. The van der Waals surface area contributed by atoms with Crippen molar-refractivity contribution >= 4 is 34.3 Å². The van der Waals surface area contributed by atoms with E-state index in [-0.39, 0.29) is 18.7 Å². The maximum atomic E-state index is 9.34. The molecule has 18 heavy (non-hydrogen) atoms. The van der Waals surface area contributed by atoms with Gasteiger partial charge in [-0.15, -0.1) is 22.7 Å². The van der Waals surface area contributed by atoms with Crippen LogP contribution >= 0.6 is 34.3 Å². The molecule has 0 amide bonds. The fourth-order valence-electron chi connectivity index (χ4n) is 1.78. The minimum Gasteiger partial charge on any atom is -0.395 e. The molecule has 2 rings (SSSR count). The van der Waals surface area contributed by atoms with Crippen LogP contribution in [0.15, 0.2) is 29.6 Å². The van der Waals surface area contributed by atoms with E-state index in [0.717, 1.165) is 10.8 Å². The Morgan fingerprint density at radius 3 is 2.67 bits per heavy atom. The Morgan fingerprint density at radius 1 is 1.33 bits per heavy atom. The van der Waals surface area contributed by atoms with Crippen molar-refractivity contribution in [2.75, 3.05) is 6.61 Å². The maximum absolute atomic E-state index is 9.34. The van der Waals surface area contributed by atoms with Gasteiger partial charge in [-0.1, -0.05) is 24.6 Å². The second-order valence-electron chi connectivity index (χ2n) is 4.04. The van der Waals surface area contributed by atoms with E-state index in [1.165, 1.54) is 9.75 Å². The lowest BCUT2D eigenvalue weighted by Crippen LogP contribution is -2.35. The summed E-state index contributed by atoms with van der Waals surface area (Å²) in [5, 5.41) is 14.9. The maximum Gasteiger partial charge on any atom is 0.0931 e. The number of rotatable bonds is 6. The quantitative estimate of drug-likeness (QED) is 0.848. The molecule has 2 aromatic heterocycles. The summed E-state index contributed by atoms with van der Waals surface area (Å²) in [7, 11) is 0. The lowest BCUT2D eigenvalue weighted by Gasteiger charge is -2.22. The van der Waals surface area contributed by atoms with Gasteiger partial charge in [0.1, 0.15) is 0 Å². The normalized spacial score (nSPS) is 14.6. The monoisotopic (exact) mass is 301 g/mol. The van der Waals surface area contributed by atoms with Crippen molar-refractivity contribution in [3.05, 3.63) is 43.7 Å². The Bertz CT molecular complexity index is 465. The predicted octanol–water partition coefficient (Wildman–Crippen LogP) is 3.91. The van der Waals surface area contributed by atoms with E-state index in [9.17, 15) is 5.11 Å². The van der Waals surface area contributed by atoms with Gasteiger partial charge < -0.3 is 5.11 Å². The zero-order valence-corrected chi connectivity index (χ0v) is 12.5. The Morgan fingerprint density at radius 2 is 2.17 bits per heavy atom. The number of halogens is 1. The number of nitrogens with one attached hydrogen (secondary N) is 1. The van der Waals surface area contributed by atoms with Crippen molar-refractivity contribution in [2.24, 2.45) is 0 Å². The number of aliphatic hydroxyl groups is 1. The van der Waals surface area contributed by atoms with Crippen molar-refractivity contribution in [2.45, 2.75) is 25.4 Å². The van der Waals surface area contributed by atoms with Crippen LogP contribution < -0.4 is 5.32 Å². The fraction of sp³-hybridized carbons (Fsp3) is 0.385. The summed E-state index contributed by atoms with van der Waals surface area (Å²) < 4.78 is 0.797. The third-order valence-corrected chi connectivity index (χ3v) is 5.05. The molecule has 0 aliphatic heterocycles. The molecule has 0 saturated heterocycles. The van der Waals surface area contributed by atoms with Crippen LogP contribution in [0.2, 0.25) is 4.34 Å². The minimum atomic E-state index is 0.109. The third-order valence-electron chi connectivity index (χ3n) is 2.82. The van der Waals surface area contributed by atoms with E-state index < -0.39 is 0 Å². The van der Waals surface area contributed by atoms with Gasteiger partial charge in [-0.25, -0.2) is 0 Å². The standard InChI is InChI=1S/C13H16ClNOS2/c1-2-9(8-16)15-13(10-4-3-7-17-10)11-5-6-12(14)18-11/h3-7,9,13,15-16H,2,8H2,1H3/t9-,13?/m1/s1. The molecule has 0 radical (unpaired) electrons. The van der Waals surface area contributed by atoms with Crippen molar-refractivity contribution in [1.82, 2.24) is 5.32 Å². The van der Waals surface area contributed by atoms with Gasteiger partial charge in [0.05, 0.1) is 17.0 Å². The van der Waals surface area contributed by atoms with Crippen LogP contribution in [0.25, 0.3) is 0 Å². The average molecular weight is 302 g/mol. The molecule has 2 nitrogen and oxygen atoms in total. The van der Waals surface area contributed by atoms with Gasteiger partial charge in [-0.2, -0.15) is 0 Å². The van der Waals surface area contributed by atoms with E-state index in [0.29, 0.717) is 0 Å². The van der Waals surface area contributed by atoms with Gasteiger partial charge in [0, 0.05) is 15.8 Å². The highest BCUT2D eigenvalue weighted by Crippen LogP contribution is 2.33. The lowest BCUT2D eigenvalue weighted by atomic mass is 10.1. The van der Waals surface area contributed by atoms with Crippen LogP contribution in [0.1, 0.15) is 29.1 Å². The molecule has 0 saturated carbocycles. The number of aliphatic hydroxyl groups excluding tert-OH is 1. The molecule has 0 aliphatic carbocycles. The Kier molecular flexibility index (Phi) is 5.21. The van der Waals surface area contributed by atoms with Crippen molar-refractivity contribution < 1.29 is 5.11 Å². The van der Waals surface area contributed by atoms with Crippen molar-refractivity contribution in [3.8, 4) is 0 Å². The van der Waals surface area contributed by atoms with Gasteiger partial charge in [0.2, 0.25) is 0 Å². The zero-order valence-electron chi connectivity index (χ0n) is 10.1. The SMILES string of the molecule is CC[C@H](CO)NC(c1cccs1)c1ccc(Cl)s1. The topological polar surface area (TPSA) is 32.3 Å². The highest BCUT2D eigenvalue weighted by Gasteiger charge is 2.20. The van der Waals surface area contributed by atoms with E-state index in [1.807, 2.05) is 12.1 Å². The highest BCUT2D eigenvalue weighted by atomic mass is 35.5. The van der Waals surface area contributed by atoms with E-state index in [2.05, 4.69) is 29.8 Å². The summed E-state index contributed by atoms with van der Waals surface area (Å²) in [5.41, 5.74) is 0. The molecule has 0 fully saturated rings. The molecule has 0 spiro atoms. The third kappa shape index (κ3) is 3.33. The van der Waals surface area contributed by atoms with Crippen LogP contribution in [-0.4, -0.2) is 17.8 Å². The Balaban J connectivity index is 2.23. The summed E-state index contributed by atoms with van der Waals surface area (Å²) in [5.74, 6) is 0. The van der Waals surface area contributed by atoms with E-state index >= 15 is 0 Å². The van der Waals surface area contributed by atoms with Gasteiger partial charge in [0.25, 0.3) is 0 Å². The van der Waals surface area contributed by atoms with Crippen LogP contribution in [0.5, 0.6) is 0 Å². The van der Waals surface area contributed by atoms with Gasteiger partial charge >= 0.3 is 0 Å². The smallest absolute Gasteiger partial charge is 0.0931 e. The molecule has 2 heterocycles. The van der Waals surface area contributed by atoms with E-state index in [4.69, 9.17) is 11.6 Å². The fourth-order valence-corrected chi connectivity index (χ4v) is 3.80. The second-order valence-corrected chi connectivity index (χ2v) is 6.77. The highest BCUT2D eigenvalue weighted by molar-refractivity contribution is 7.16. The summed E-state index contributed by atoms with van der Waals surface area (Å²) in [6.07, 6.45) is 0.900. The summed E-state index contributed by atoms with van der Waals surface area (Å²) in [6.45, 7) is 2.22. The summed E-state index contributed by atoms with van der Waals surface area (Å²) >= 11 is 9.32. The molecular formula is C13H16ClNOS2. The van der Waals surface area contributed by atoms with Gasteiger partial charge in [-0.05, 0) is 30.0 Å². The number of hydrogen-bond donors (Lipinski definition) is 2. The first-order valence-electron chi connectivity index (χ1n) is 5.90. The molecule has 0 bridgehead atoms. The van der Waals surface area contributed by atoms with Crippen LogP contribution in [0.3, 0.4) is 0 Å². The molecule has 5 heteroatoms. The van der Waals surface area contributed by atoms with Crippen LogP contribution in [-0.2, 0) is 0 Å². The van der Waals surface area contributed by atoms with Crippen molar-refractivity contribution in [1.29, 1.82) is 0 Å². The first kappa shape index (κ1) is 14.0. The molecular weight excluding hydrogens is 286 g/mol. The lowest BCUT2D eigenvalue weighted by molar-refractivity contribution is 0.233. The predicted molar refractivity (Wildman–Crippen MR) is 79.8 cm³/mol. The summed E-state index contributed by atoms with van der Waals surface area (Å²) in [6, 6.07) is 8.36. The van der Waals surface area contributed by atoms with E-state index in [1.54, 1.807) is 22.7 Å². The molecule has 98 valence electrons. The number of hydrogen-bond acceptors (Lipinski definition) is 4. The van der Waals surface area contributed by atoms with Crippen molar-refractivity contribution in [3.63, 3.8) is 0 Å². The van der Waals surface area contributed by atoms with Gasteiger partial charge in [0.15, 0.2) is 0 Å². The summed E-state index contributed by atoms with van der Waals surface area (Å²) in [4.78, 5) is 2.44. The van der Waals surface area contributed by atoms with Crippen LogP contribution in [0.4, 0.5) is 0 Å². The molecule has 2 aromatic rings. The number of thiophene rings is 2. The Labute approximate surface area is 120 Å². The zero-order chi connectivity index (χ0) is 13.0. The molecule has 2 N–H and O–H groups in total. The largest absolute Gasteiger partial charge is 0.395 e. The van der Waals surface area contributed by atoms with Gasteiger partial charge in [-0.3, -0.25) is 5.32 Å².